The molecule has 3 aromatic rings. The van der Waals surface area contributed by atoms with Crippen molar-refractivity contribution in [1.82, 2.24) is 14.9 Å². The van der Waals surface area contributed by atoms with E-state index in [0.717, 1.165) is 5.56 Å². The first-order valence-electron chi connectivity index (χ1n) is 13.6. The standard InChI is InChI=1S/C30H33N5O7/c1-21(2)14-29(37)32-20-28(36)27(17-22-8-4-3-5-9-22)31(18-23-10-6-12-25(15-23)34(39)40)30(38)33(32)19-24-11-7-13-26(16-24)35(41)42/h3-13,15-16,21,27-28,36H,14,17-20H2,1-2H3/t27-,28-/m1/s1. The number of aliphatic hydroxyl groups excluding tert-OH is 1. The fourth-order valence-corrected chi connectivity index (χ4v) is 5.04. The first-order chi connectivity index (χ1) is 20.0. The molecule has 0 bridgehead atoms. The summed E-state index contributed by atoms with van der Waals surface area (Å²) in [6, 6.07) is 19.6. The van der Waals surface area contributed by atoms with Gasteiger partial charge in [0.15, 0.2) is 0 Å². The van der Waals surface area contributed by atoms with Gasteiger partial charge in [-0.1, -0.05) is 68.4 Å². The number of β-amino-alcohol motifs (C(OH)–C–C–N with tert-alkyl or cyclic N) is 1. The molecule has 1 fully saturated rings. The van der Waals surface area contributed by atoms with Crippen molar-refractivity contribution >= 4 is 23.3 Å². The predicted molar refractivity (Wildman–Crippen MR) is 154 cm³/mol. The number of hydrazine groups is 1. The normalized spacial score (nSPS) is 17.3. The Morgan fingerprint density at radius 1 is 0.881 bits per heavy atom. The van der Waals surface area contributed by atoms with Crippen molar-refractivity contribution < 1.29 is 24.5 Å². The van der Waals surface area contributed by atoms with Crippen LogP contribution in [0.3, 0.4) is 0 Å². The molecule has 220 valence electrons. The molecule has 0 saturated carbocycles. The Morgan fingerprint density at radius 3 is 1.98 bits per heavy atom. The van der Waals surface area contributed by atoms with Crippen LogP contribution < -0.4 is 0 Å². The van der Waals surface area contributed by atoms with E-state index in [0.29, 0.717) is 11.1 Å². The van der Waals surface area contributed by atoms with Gasteiger partial charge in [-0.05, 0) is 29.0 Å². The second-order valence-electron chi connectivity index (χ2n) is 10.7. The SMILES string of the molecule is CC(C)CC(=O)N1C[C@@H](O)[C@@H](Cc2ccccc2)N(Cc2cccc([N+](=O)[O-])c2)C(=O)N1Cc1cccc([N+](=O)[O-])c1. The zero-order valence-electron chi connectivity index (χ0n) is 23.4. The average molecular weight is 576 g/mol. The number of amides is 3. The van der Waals surface area contributed by atoms with Crippen LogP contribution in [0.4, 0.5) is 16.2 Å². The molecule has 1 aliphatic rings. The number of aliphatic hydroxyl groups is 1. The first kappa shape index (κ1) is 30.1. The van der Waals surface area contributed by atoms with E-state index in [2.05, 4.69) is 0 Å². The molecule has 1 aliphatic heterocycles. The second-order valence-corrected chi connectivity index (χ2v) is 10.7. The molecular weight excluding hydrogens is 542 g/mol. The van der Waals surface area contributed by atoms with Gasteiger partial charge in [-0.15, -0.1) is 0 Å². The number of non-ortho nitro benzene ring substituents is 2. The summed E-state index contributed by atoms with van der Waals surface area (Å²) in [4.78, 5) is 51.1. The monoisotopic (exact) mass is 575 g/mol. The summed E-state index contributed by atoms with van der Waals surface area (Å²) in [6.07, 6.45) is -0.793. The van der Waals surface area contributed by atoms with Crippen molar-refractivity contribution in [1.29, 1.82) is 0 Å². The van der Waals surface area contributed by atoms with Gasteiger partial charge in [0.25, 0.3) is 11.4 Å². The lowest BCUT2D eigenvalue weighted by Crippen LogP contribution is -2.52. The van der Waals surface area contributed by atoms with Gasteiger partial charge >= 0.3 is 6.03 Å². The Bertz CT molecular complexity index is 1450. The van der Waals surface area contributed by atoms with Crippen LogP contribution >= 0.6 is 0 Å². The third kappa shape index (κ3) is 7.26. The van der Waals surface area contributed by atoms with Crippen LogP contribution in [-0.2, 0) is 24.3 Å². The Hall–Kier alpha value is -4.84. The average Bonchev–Trinajstić information content (AvgIpc) is 3.04. The van der Waals surface area contributed by atoms with Crippen molar-refractivity contribution in [3.63, 3.8) is 0 Å². The van der Waals surface area contributed by atoms with Gasteiger partial charge in [0, 0.05) is 37.2 Å². The number of carbonyl (C=O) groups excluding carboxylic acids is 2. The fraction of sp³-hybridized carbons (Fsp3) is 0.333. The van der Waals surface area contributed by atoms with Gasteiger partial charge in [0.05, 0.1) is 35.1 Å². The molecule has 12 nitrogen and oxygen atoms in total. The molecular formula is C30H33N5O7. The number of rotatable bonds is 10. The number of nitro groups is 2. The van der Waals surface area contributed by atoms with Gasteiger partial charge in [-0.3, -0.25) is 25.0 Å². The van der Waals surface area contributed by atoms with E-state index in [1.165, 1.54) is 51.3 Å². The maximum absolute atomic E-state index is 14.4. The zero-order valence-corrected chi connectivity index (χ0v) is 23.4. The van der Waals surface area contributed by atoms with E-state index in [9.17, 15) is 34.9 Å². The lowest BCUT2D eigenvalue weighted by molar-refractivity contribution is -0.385. The van der Waals surface area contributed by atoms with E-state index in [1.54, 1.807) is 12.1 Å². The zero-order chi connectivity index (χ0) is 30.4. The molecule has 1 N–H and O–H groups in total. The Balaban J connectivity index is 1.80. The number of carbonyl (C=O) groups is 2. The van der Waals surface area contributed by atoms with Gasteiger partial charge in [0.1, 0.15) is 0 Å². The van der Waals surface area contributed by atoms with Crippen molar-refractivity contribution in [3.8, 4) is 0 Å². The van der Waals surface area contributed by atoms with E-state index in [1.807, 2.05) is 44.2 Å². The van der Waals surface area contributed by atoms with E-state index >= 15 is 0 Å². The van der Waals surface area contributed by atoms with Gasteiger partial charge in [-0.25, -0.2) is 14.8 Å². The molecule has 12 heteroatoms. The van der Waals surface area contributed by atoms with Crippen LogP contribution in [0.2, 0.25) is 0 Å². The van der Waals surface area contributed by atoms with Crippen molar-refractivity contribution in [3.05, 3.63) is 116 Å². The Morgan fingerprint density at radius 2 is 1.43 bits per heavy atom. The Labute approximate surface area is 243 Å². The number of hydrogen-bond acceptors (Lipinski definition) is 7. The largest absolute Gasteiger partial charge is 0.389 e. The summed E-state index contributed by atoms with van der Waals surface area (Å²) in [7, 11) is 0. The predicted octanol–water partition coefficient (Wildman–Crippen LogP) is 4.70. The van der Waals surface area contributed by atoms with E-state index in [4.69, 9.17) is 0 Å². The third-order valence-corrected chi connectivity index (χ3v) is 7.05. The molecule has 1 saturated heterocycles. The summed E-state index contributed by atoms with van der Waals surface area (Å²) >= 11 is 0. The van der Waals surface area contributed by atoms with Gasteiger partial charge in [-0.2, -0.15) is 0 Å². The highest BCUT2D eigenvalue weighted by Gasteiger charge is 2.42. The van der Waals surface area contributed by atoms with Crippen molar-refractivity contribution in [2.75, 3.05) is 6.54 Å². The van der Waals surface area contributed by atoms with Crippen LogP contribution in [0, 0.1) is 26.1 Å². The molecule has 1 heterocycles. The minimum absolute atomic E-state index is 0.0336. The molecule has 2 atom stereocenters. The van der Waals surface area contributed by atoms with E-state index < -0.39 is 28.0 Å². The lowest BCUT2D eigenvalue weighted by atomic mass is 9.99. The Kier molecular flexibility index (Phi) is 9.48. The van der Waals surface area contributed by atoms with Crippen LogP contribution in [0.5, 0.6) is 0 Å². The minimum Gasteiger partial charge on any atom is -0.389 e. The van der Waals surface area contributed by atoms with Gasteiger partial charge < -0.3 is 10.0 Å². The highest BCUT2D eigenvalue weighted by atomic mass is 16.6. The van der Waals surface area contributed by atoms with Crippen LogP contribution in [0.1, 0.15) is 37.0 Å². The van der Waals surface area contributed by atoms with Gasteiger partial charge in [0.2, 0.25) is 5.91 Å². The van der Waals surface area contributed by atoms with Crippen LogP contribution in [0.15, 0.2) is 78.9 Å². The molecule has 0 radical (unpaired) electrons. The first-order valence-corrected chi connectivity index (χ1v) is 13.6. The molecule has 0 aliphatic carbocycles. The summed E-state index contributed by atoms with van der Waals surface area (Å²) in [5, 5.41) is 36.9. The van der Waals surface area contributed by atoms with Crippen LogP contribution in [0.25, 0.3) is 0 Å². The minimum atomic E-state index is -1.17. The maximum atomic E-state index is 14.4. The molecule has 0 unspecified atom stereocenters. The second kappa shape index (κ2) is 13.2. The summed E-state index contributed by atoms with van der Waals surface area (Å²) in [5.74, 6) is -0.410. The maximum Gasteiger partial charge on any atom is 0.339 e. The topological polar surface area (TPSA) is 150 Å². The number of benzene rings is 3. The summed E-state index contributed by atoms with van der Waals surface area (Å²) < 4.78 is 0. The summed E-state index contributed by atoms with van der Waals surface area (Å²) in [5.41, 5.74) is 1.44. The number of urea groups is 1. The molecule has 3 amide bonds. The third-order valence-electron chi connectivity index (χ3n) is 7.05. The van der Waals surface area contributed by atoms with Crippen molar-refractivity contribution in [2.45, 2.75) is 51.9 Å². The number of hydrogen-bond donors (Lipinski definition) is 1. The highest BCUT2D eigenvalue weighted by Crippen LogP contribution is 2.27. The highest BCUT2D eigenvalue weighted by molar-refractivity contribution is 5.82. The quantitative estimate of drug-likeness (QED) is 0.272. The lowest BCUT2D eigenvalue weighted by Gasteiger charge is -2.36. The molecule has 0 spiro atoms. The van der Waals surface area contributed by atoms with E-state index in [-0.39, 0.29) is 55.7 Å². The molecule has 42 heavy (non-hydrogen) atoms. The summed E-state index contributed by atoms with van der Waals surface area (Å²) in [6.45, 7) is 3.31. The number of nitro benzene ring substituents is 2. The fourth-order valence-electron chi connectivity index (χ4n) is 5.04. The molecule has 4 rings (SSSR count). The smallest absolute Gasteiger partial charge is 0.339 e. The molecule has 3 aromatic carbocycles. The molecule has 0 aromatic heterocycles. The number of nitrogens with zero attached hydrogens (tertiary/aromatic N) is 5. The van der Waals surface area contributed by atoms with Crippen LogP contribution in [-0.4, -0.2) is 60.5 Å². The van der Waals surface area contributed by atoms with Crippen molar-refractivity contribution in [2.24, 2.45) is 5.92 Å².